The predicted octanol–water partition coefficient (Wildman–Crippen LogP) is 3.89. The van der Waals surface area contributed by atoms with Crippen molar-refractivity contribution in [1.82, 2.24) is 0 Å². The SMILES string of the molecule is [Ag+].[CH3-].c1ccc(P(c2ccccc2)c2ccccc2)cc1. The van der Waals surface area contributed by atoms with E-state index in [9.17, 15) is 0 Å². The third-order valence-corrected chi connectivity index (χ3v) is 5.49. The Morgan fingerprint density at radius 3 is 0.905 bits per heavy atom. The summed E-state index contributed by atoms with van der Waals surface area (Å²) >= 11 is 0. The Kier molecular flexibility index (Phi) is 7.64. The van der Waals surface area contributed by atoms with E-state index in [1.807, 2.05) is 0 Å². The summed E-state index contributed by atoms with van der Waals surface area (Å²) in [5.74, 6) is 0. The molecule has 0 saturated heterocycles. The number of hydrogen-bond acceptors (Lipinski definition) is 0. The molecular weight excluding hydrogens is 367 g/mol. The van der Waals surface area contributed by atoms with Crippen LogP contribution in [0.1, 0.15) is 0 Å². The maximum Gasteiger partial charge on any atom is 1.00 e. The molecule has 0 aliphatic carbocycles. The molecule has 0 nitrogen and oxygen atoms in total. The van der Waals surface area contributed by atoms with Crippen molar-refractivity contribution in [2.75, 3.05) is 0 Å². The van der Waals surface area contributed by atoms with Gasteiger partial charge in [-0.1, -0.05) is 91.0 Å². The smallest absolute Gasteiger partial charge is 0.358 e. The summed E-state index contributed by atoms with van der Waals surface area (Å²) < 4.78 is 0. The second-order valence-electron chi connectivity index (χ2n) is 4.34. The Morgan fingerprint density at radius 1 is 0.429 bits per heavy atom. The summed E-state index contributed by atoms with van der Waals surface area (Å²) in [7, 11) is -0.446. The molecular formula is C19H18AgP. The van der Waals surface area contributed by atoms with E-state index in [1.54, 1.807) is 0 Å². The number of rotatable bonds is 3. The van der Waals surface area contributed by atoms with Crippen molar-refractivity contribution in [3.63, 3.8) is 0 Å². The molecule has 0 fully saturated rings. The Bertz CT molecular complexity index is 530. The molecule has 0 N–H and O–H groups in total. The molecule has 0 amide bonds. The largest absolute Gasteiger partial charge is 1.00 e. The molecule has 3 rings (SSSR count). The van der Waals surface area contributed by atoms with Crippen LogP contribution in [-0.2, 0) is 22.4 Å². The molecule has 0 aliphatic heterocycles. The summed E-state index contributed by atoms with van der Waals surface area (Å²) in [4.78, 5) is 0. The van der Waals surface area contributed by atoms with Gasteiger partial charge in [-0.3, -0.25) is 0 Å². The van der Waals surface area contributed by atoms with Crippen molar-refractivity contribution in [3.05, 3.63) is 98.4 Å². The van der Waals surface area contributed by atoms with Crippen LogP contribution in [-0.4, -0.2) is 0 Å². The van der Waals surface area contributed by atoms with Gasteiger partial charge in [-0.15, -0.1) is 0 Å². The van der Waals surface area contributed by atoms with Gasteiger partial charge in [0.15, 0.2) is 0 Å². The molecule has 0 saturated carbocycles. The molecule has 0 aromatic heterocycles. The zero-order chi connectivity index (χ0) is 12.9. The molecule has 3 aromatic rings. The third-order valence-electron chi connectivity index (χ3n) is 3.04. The van der Waals surface area contributed by atoms with Gasteiger partial charge >= 0.3 is 22.4 Å². The van der Waals surface area contributed by atoms with E-state index in [-0.39, 0.29) is 29.8 Å². The first-order valence-corrected chi connectivity index (χ1v) is 7.74. The maximum absolute atomic E-state index is 2.23. The fourth-order valence-corrected chi connectivity index (χ4v) is 4.48. The molecule has 21 heavy (non-hydrogen) atoms. The second-order valence-corrected chi connectivity index (χ2v) is 6.56. The Labute approximate surface area is 144 Å². The van der Waals surface area contributed by atoms with Gasteiger partial charge in [0.1, 0.15) is 0 Å². The van der Waals surface area contributed by atoms with Crippen molar-refractivity contribution in [1.29, 1.82) is 0 Å². The first-order chi connectivity index (χ1) is 9.45. The summed E-state index contributed by atoms with van der Waals surface area (Å²) in [5, 5.41) is 4.19. The van der Waals surface area contributed by atoms with Crippen LogP contribution in [0.25, 0.3) is 0 Å². The minimum atomic E-state index is -0.446. The molecule has 0 spiro atoms. The molecule has 0 aliphatic rings. The normalized spacial score (nSPS) is 9.57. The van der Waals surface area contributed by atoms with Crippen molar-refractivity contribution >= 4 is 23.8 Å². The van der Waals surface area contributed by atoms with Gasteiger partial charge in [0.25, 0.3) is 0 Å². The fourth-order valence-electron chi connectivity index (χ4n) is 2.18. The Morgan fingerprint density at radius 2 is 0.667 bits per heavy atom. The molecule has 2 heteroatoms. The summed E-state index contributed by atoms with van der Waals surface area (Å²) in [6, 6.07) is 32.3. The van der Waals surface area contributed by atoms with E-state index in [2.05, 4.69) is 91.0 Å². The third kappa shape index (κ3) is 4.40. The molecule has 110 valence electrons. The zero-order valence-corrected chi connectivity index (χ0v) is 14.3. The van der Waals surface area contributed by atoms with Gasteiger partial charge < -0.3 is 7.43 Å². The second kappa shape index (κ2) is 8.97. The molecule has 0 unspecified atom stereocenters. The van der Waals surface area contributed by atoms with E-state index in [1.165, 1.54) is 15.9 Å². The molecule has 0 heterocycles. The monoisotopic (exact) mass is 384 g/mol. The van der Waals surface area contributed by atoms with Crippen LogP contribution >= 0.6 is 7.92 Å². The zero-order valence-electron chi connectivity index (χ0n) is 11.9. The van der Waals surface area contributed by atoms with Gasteiger partial charge in [-0.25, -0.2) is 0 Å². The van der Waals surface area contributed by atoms with E-state index in [0.29, 0.717) is 0 Å². The average Bonchev–Trinajstić information content (AvgIpc) is 2.51. The molecule has 3 aromatic carbocycles. The van der Waals surface area contributed by atoms with Crippen LogP contribution in [0.2, 0.25) is 0 Å². The van der Waals surface area contributed by atoms with Gasteiger partial charge in [0.2, 0.25) is 0 Å². The molecule has 0 radical (unpaired) electrons. The average molecular weight is 385 g/mol. The quantitative estimate of drug-likeness (QED) is 0.365. The first kappa shape index (κ1) is 17.9. The van der Waals surface area contributed by atoms with Crippen molar-refractivity contribution < 1.29 is 22.4 Å². The van der Waals surface area contributed by atoms with Crippen LogP contribution in [0.15, 0.2) is 91.0 Å². The maximum atomic E-state index is 2.23. The molecule has 0 bridgehead atoms. The molecule has 0 atom stereocenters. The Balaban J connectivity index is 0.00000110. The van der Waals surface area contributed by atoms with E-state index >= 15 is 0 Å². The van der Waals surface area contributed by atoms with Crippen LogP contribution in [0.5, 0.6) is 0 Å². The topological polar surface area (TPSA) is 0 Å². The Hall–Kier alpha value is -1.17. The summed E-state index contributed by atoms with van der Waals surface area (Å²) in [5.41, 5.74) is 0. The van der Waals surface area contributed by atoms with Crippen molar-refractivity contribution in [2.45, 2.75) is 0 Å². The summed E-state index contributed by atoms with van der Waals surface area (Å²) in [6.07, 6.45) is 0. The van der Waals surface area contributed by atoms with Crippen LogP contribution in [0, 0.1) is 7.43 Å². The predicted molar refractivity (Wildman–Crippen MR) is 91.6 cm³/mol. The van der Waals surface area contributed by atoms with Gasteiger partial charge in [0.05, 0.1) is 0 Å². The minimum Gasteiger partial charge on any atom is -0.358 e. The minimum absolute atomic E-state index is 0. The van der Waals surface area contributed by atoms with E-state index < -0.39 is 7.92 Å². The first-order valence-electron chi connectivity index (χ1n) is 6.40. The van der Waals surface area contributed by atoms with Gasteiger partial charge in [-0.2, -0.15) is 0 Å². The standard InChI is InChI=1S/C18H15P.CH3.Ag/c1-4-10-16(11-5-1)19(17-12-6-2-7-13-17)18-14-8-3-9-15-18;;/h1-15H;1H3;/q;-1;+1. The van der Waals surface area contributed by atoms with E-state index in [4.69, 9.17) is 0 Å². The van der Waals surface area contributed by atoms with Crippen LogP contribution in [0.4, 0.5) is 0 Å². The van der Waals surface area contributed by atoms with Crippen molar-refractivity contribution in [2.24, 2.45) is 0 Å². The van der Waals surface area contributed by atoms with E-state index in [0.717, 1.165) is 0 Å². The summed E-state index contributed by atoms with van der Waals surface area (Å²) in [6.45, 7) is 0. The number of hydrogen-bond donors (Lipinski definition) is 0. The number of benzene rings is 3. The van der Waals surface area contributed by atoms with Crippen LogP contribution < -0.4 is 15.9 Å². The van der Waals surface area contributed by atoms with Gasteiger partial charge in [0, 0.05) is 0 Å². The van der Waals surface area contributed by atoms with Crippen molar-refractivity contribution in [3.8, 4) is 0 Å². The van der Waals surface area contributed by atoms with Crippen LogP contribution in [0.3, 0.4) is 0 Å². The fraction of sp³-hybridized carbons (Fsp3) is 0. The van der Waals surface area contributed by atoms with Gasteiger partial charge in [-0.05, 0) is 23.8 Å².